The summed E-state index contributed by atoms with van der Waals surface area (Å²) in [5.74, 6) is 2.47. The maximum absolute atomic E-state index is 10.8. The summed E-state index contributed by atoms with van der Waals surface area (Å²) in [4.78, 5) is 2.16. The molecule has 1 saturated heterocycles. The van der Waals surface area contributed by atoms with Gasteiger partial charge in [-0.2, -0.15) is 20.2 Å². The molecule has 0 atom stereocenters. The van der Waals surface area contributed by atoms with Crippen molar-refractivity contribution < 1.29 is 22.0 Å². The zero-order valence-corrected chi connectivity index (χ0v) is 12.6. The molecule has 1 aliphatic heterocycles. The minimum Gasteiger partial charge on any atom is -0.369 e. The van der Waals surface area contributed by atoms with Crippen molar-refractivity contribution in [3.8, 4) is 0 Å². The normalized spacial score (nSPS) is 16.0. The lowest BCUT2D eigenvalue weighted by Crippen LogP contribution is -2.50. The van der Waals surface area contributed by atoms with Gasteiger partial charge in [-0.05, 0) is 4.73 Å². The van der Waals surface area contributed by atoms with Crippen LogP contribution in [-0.4, -0.2) is 44.6 Å². The number of aromatic nitrogens is 1. The van der Waals surface area contributed by atoms with Gasteiger partial charge in [0.05, 0.1) is 5.69 Å². The van der Waals surface area contributed by atoms with Crippen LogP contribution >= 0.6 is 11.8 Å². The maximum atomic E-state index is 10.8. The predicted octanol–water partition coefficient (Wildman–Crippen LogP) is -0.617. The van der Waals surface area contributed by atoms with Crippen LogP contribution in [0, 0.1) is 0 Å². The van der Waals surface area contributed by atoms with E-state index in [-0.39, 0.29) is 5.82 Å². The summed E-state index contributed by atoms with van der Waals surface area (Å²) in [6, 6.07) is 3.33. The van der Waals surface area contributed by atoms with Gasteiger partial charge < -0.3 is 16.0 Å². The Labute approximate surface area is 121 Å². The molecule has 0 amide bonds. The highest BCUT2D eigenvalue weighted by Gasteiger charge is 2.22. The van der Waals surface area contributed by atoms with E-state index in [1.807, 2.05) is 11.8 Å². The number of anilines is 3. The van der Waals surface area contributed by atoms with Crippen LogP contribution in [0.1, 0.15) is 0 Å². The van der Waals surface area contributed by atoms with E-state index in [0.29, 0.717) is 5.82 Å². The van der Waals surface area contributed by atoms with Crippen molar-refractivity contribution in [2.24, 2.45) is 0 Å². The molecule has 2 rings (SSSR count). The third kappa shape index (κ3) is 3.58. The Balaban J connectivity index is 2.36. The van der Waals surface area contributed by atoms with Crippen LogP contribution in [-0.2, 0) is 10.4 Å². The lowest BCUT2D eigenvalue weighted by molar-refractivity contribution is -0.833. The number of nitrogens with zero attached hydrogens (tertiary/aromatic N) is 2. The average Bonchev–Trinajstić information content (AvgIpc) is 2.40. The third-order valence-electron chi connectivity index (χ3n) is 2.83. The summed E-state index contributed by atoms with van der Waals surface area (Å²) < 4.78 is 35.7. The first-order chi connectivity index (χ1) is 9.40. The Morgan fingerprint density at radius 3 is 2.65 bits per heavy atom. The molecule has 0 unspecified atom stereocenters. The Kier molecular flexibility index (Phi) is 4.45. The molecule has 1 fully saturated rings. The van der Waals surface area contributed by atoms with Crippen LogP contribution in [0.2, 0.25) is 0 Å². The van der Waals surface area contributed by atoms with E-state index in [4.69, 9.17) is 10.3 Å². The Hall–Kier alpha value is -1.39. The van der Waals surface area contributed by atoms with Gasteiger partial charge in [-0.1, -0.05) is 0 Å². The van der Waals surface area contributed by atoms with Gasteiger partial charge in [0.15, 0.2) is 0 Å². The van der Waals surface area contributed by atoms with E-state index in [1.54, 1.807) is 19.2 Å². The first-order valence-electron chi connectivity index (χ1n) is 5.94. The Morgan fingerprint density at radius 1 is 1.45 bits per heavy atom. The molecular weight excluding hydrogens is 304 g/mol. The van der Waals surface area contributed by atoms with Gasteiger partial charge in [0, 0.05) is 43.8 Å². The second kappa shape index (κ2) is 5.94. The van der Waals surface area contributed by atoms with E-state index < -0.39 is 10.4 Å². The zero-order valence-electron chi connectivity index (χ0n) is 10.9. The summed E-state index contributed by atoms with van der Waals surface area (Å²) >= 11 is 1.89. The van der Waals surface area contributed by atoms with Crippen molar-refractivity contribution in [1.29, 1.82) is 0 Å². The van der Waals surface area contributed by atoms with Gasteiger partial charge in [-0.15, -0.1) is 0 Å². The van der Waals surface area contributed by atoms with Crippen LogP contribution in [0.25, 0.3) is 0 Å². The molecule has 0 spiro atoms. The van der Waals surface area contributed by atoms with Crippen molar-refractivity contribution in [3.63, 3.8) is 0 Å². The minimum absolute atomic E-state index is 0.0719. The number of nitrogens with one attached hydrogen (secondary N) is 1. The molecule has 8 nitrogen and oxygen atoms in total. The fraction of sp³-hybridized carbons (Fsp3) is 0.500. The zero-order chi connectivity index (χ0) is 14.8. The minimum atomic E-state index is -4.64. The topological polar surface area (TPSA) is 109 Å². The molecule has 2 heterocycles. The largest absolute Gasteiger partial charge is 0.476 e. The SMILES string of the molecule is CNc1cc(N2CCSCC2)cc(N)[n+]1OS(=O)(=O)O. The summed E-state index contributed by atoms with van der Waals surface area (Å²) in [6.45, 7) is 1.80. The molecule has 0 aliphatic carbocycles. The van der Waals surface area contributed by atoms with Crippen molar-refractivity contribution in [1.82, 2.24) is 0 Å². The van der Waals surface area contributed by atoms with Crippen LogP contribution in [0.15, 0.2) is 12.1 Å². The molecule has 0 bridgehead atoms. The smallest absolute Gasteiger partial charge is 0.369 e. The van der Waals surface area contributed by atoms with Crippen molar-refractivity contribution in [3.05, 3.63) is 12.1 Å². The molecule has 1 aromatic rings. The highest BCUT2D eigenvalue weighted by atomic mass is 32.3. The summed E-state index contributed by atoms with van der Waals surface area (Å²) in [6.07, 6.45) is 0. The van der Waals surface area contributed by atoms with Gasteiger partial charge >= 0.3 is 10.4 Å². The Morgan fingerprint density at radius 2 is 2.10 bits per heavy atom. The molecular formula is C10H17N4O4S2+. The summed E-state index contributed by atoms with van der Waals surface area (Å²) in [5.41, 5.74) is 6.68. The van der Waals surface area contributed by atoms with E-state index in [9.17, 15) is 8.42 Å². The lowest BCUT2D eigenvalue weighted by Gasteiger charge is -2.28. The fourth-order valence-corrected chi connectivity index (χ4v) is 3.20. The van der Waals surface area contributed by atoms with Crippen molar-refractivity contribution in [2.45, 2.75) is 0 Å². The monoisotopic (exact) mass is 321 g/mol. The van der Waals surface area contributed by atoms with Gasteiger partial charge in [-0.3, -0.25) is 4.55 Å². The number of hydrogen-bond acceptors (Lipinski definition) is 7. The van der Waals surface area contributed by atoms with Gasteiger partial charge in [0.1, 0.15) is 0 Å². The molecule has 4 N–H and O–H groups in total. The number of pyridine rings is 1. The standard InChI is InChI=1S/C10H16N4O4S2/c1-12-10-7-8(13-2-4-19-5-3-13)6-9(11)14(10)18-20(15,16)17/h6-7H,2-5H2,1H3,(H3,11,12,15,16,17)/p+1. The number of nitrogen functional groups attached to an aromatic ring is 1. The molecule has 1 aliphatic rings. The first-order valence-corrected chi connectivity index (χ1v) is 8.46. The van der Waals surface area contributed by atoms with Crippen LogP contribution in [0.4, 0.5) is 17.3 Å². The maximum Gasteiger partial charge on any atom is 0.476 e. The summed E-state index contributed by atoms with van der Waals surface area (Å²) in [7, 11) is -3.04. The highest BCUT2D eigenvalue weighted by Crippen LogP contribution is 2.22. The molecule has 0 aromatic carbocycles. The van der Waals surface area contributed by atoms with E-state index in [1.165, 1.54) is 0 Å². The average molecular weight is 321 g/mol. The van der Waals surface area contributed by atoms with Crippen LogP contribution in [0.5, 0.6) is 0 Å². The summed E-state index contributed by atoms with van der Waals surface area (Å²) in [5, 5.41) is 2.79. The molecule has 0 saturated carbocycles. The molecule has 10 heteroatoms. The van der Waals surface area contributed by atoms with Crippen molar-refractivity contribution >= 4 is 39.5 Å². The van der Waals surface area contributed by atoms with Gasteiger partial charge in [0.25, 0.3) is 11.6 Å². The molecule has 20 heavy (non-hydrogen) atoms. The molecule has 1 aromatic heterocycles. The third-order valence-corrected chi connectivity index (χ3v) is 4.11. The lowest BCUT2D eigenvalue weighted by atomic mass is 10.3. The fourth-order valence-electron chi connectivity index (χ4n) is 1.94. The number of nitrogens with two attached hydrogens (primary N) is 1. The van der Waals surface area contributed by atoms with Crippen LogP contribution in [0.3, 0.4) is 0 Å². The van der Waals surface area contributed by atoms with E-state index in [2.05, 4.69) is 14.5 Å². The number of thioether (sulfide) groups is 1. The highest BCUT2D eigenvalue weighted by molar-refractivity contribution is 7.99. The van der Waals surface area contributed by atoms with Crippen LogP contribution < -0.4 is 25.0 Å². The first kappa shape index (κ1) is 15.0. The quantitative estimate of drug-likeness (QED) is 0.497. The van der Waals surface area contributed by atoms with E-state index in [0.717, 1.165) is 35.0 Å². The number of hydrogen-bond donors (Lipinski definition) is 3. The number of rotatable bonds is 4. The van der Waals surface area contributed by atoms with Crippen molar-refractivity contribution in [2.75, 3.05) is 47.6 Å². The second-order valence-electron chi connectivity index (χ2n) is 4.17. The van der Waals surface area contributed by atoms with Gasteiger partial charge in [-0.25, -0.2) is 4.28 Å². The van der Waals surface area contributed by atoms with E-state index >= 15 is 0 Å². The molecule has 112 valence electrons. The second-order valence-corrected chi connectivity index (χ2v) is 6.40. The molecule has 0 radical (unpaired) electrons. The Bertz CT molecular complexity index is 587. The van der Waals surface area contributed by atoms with Gasteiger partial charge in [0.2, 0.25) is 0 Å². The predicted molar refractivity (Wildman–Crippen MR) is 78.3 cm³/mol.